The number of hydrogen-bond donors (Lipinski definition) is 1. The third-order valence-corrected chi connectivity index (χ3v) is 7.24. The number of rotatable bonds is 8. The van der Waals surface area contributed by atoms with Crippen molar-refractivity contribution in [2.24, 2.45) is 0 Å². The fraction of sp³-hybridized carbons (Fsp3) is 0.308. The van der Waals surface area contributed by atoms with Crippen LogP contribution in [-0.4, -0.2) is 43.8 Å². The van der Waals surface area contributed by atoms with E-state index in [9.17, 15) is 9.59 Å². The predicted molar refractivity (Wildman–Crippen MR) is 140 cm³/mol. The lowest BCUT2D eigenvalue weighted by Crippen LogP contribution is -2.32. The van der Waals surface area contributed by atoms with E-state index in [1.54, 1.807) is 18.2 Å². The molecule has 2 heterocycles. The topological polar surface area (TPSA) is 80.1 Å². The predicted octanol–water partition coefficient (Wildman–Crippen LogP) is 5.44. The first-order valence-electron chi connectivity index (χ1n) is 11.5. The Balaban J connectivity index is 1.50. The van der Waals surface area contributed by atoms with Gasteiger partial charge in [-0.1, -0.05) is 47.6 Å². The Hall–Kier alpha value is -3.10. The number of allylic oxidation sites excluding steroid dienone is 1. The SMILES string of the molecule is C=CCn1c(SCC(=O)Nc2ccc(Cl)cc2C)nnc1C1CCCN1C(=O)c1ccccc1C. The average Bonchev–Trinajstić information content (AvgIpc) is 3.47. The molecule has 2 amide bonds. The molecule has 182 valence electrons. The van der Waals surface area contributed by atoms with E-state index in [0.29, 0.717) is 28.8 Å². The summed E-state index contributed by atoms with van der Waals surface area (Å²) >= 11 is 7.31. The summed E-state index contributed by atoms with van der Waals surface area (Å²) in [4.78, 5) is 27.8. The third kappa shape index (κ3) is 5.60. The van der Waals surface area contributed by atoms with Crippen molar-refractivity contribution in [1.82, 2.24) is 19.7 Å². The van der Waals surface area contributed by atoms with Gasteiger partial charge in [0, 0.05) is 29.4 Å². The van der Waals surface area contributed by atoms with Crippen LogP contribution in [0.2, 0.25) is 5.02 Å². The number of thioether (sulfide) groups is 1. The first-order chi connectivity index (χ1) is 16.9. The van der Waals surface area contributed by atoms with Crippen LogP contribution in [0.4, 0.5) is 5.69 Å². The van der Waals surface area contributed by atoms with Gasteiger partial charge in [0.05, 0.1) is 11.8 Å². The molecule has 1 saturated heterocycles. The van der Waals surface area contributed by atoms with E-state index in [4.69, 9.17) is 11.6 Å². The molecule has 35 heavy (non-hydrogen) atoms. The van der Waals surface area contributed by atoms with Gasteiger partial charge in [0.2, 0.25) is 5.91 Å². The van der Waals surface area contributed by atoms with Crippen LogP contribution in [0.3, 0.4) is 0 Å². The molecule has 1 N–H and O–H groups in total. The van der Waals surface area contributed by atoms with Crippen LogP contribution in [0.15, 0.2) is 60.3 Å². The monoisotopic (exact) mass is 509 g/mol. The maximum Gasteiger partial charge on any atom is 0.254 e. The van der Waals surface area contributed by atoms with E-state index < -0.39 is 0 Å². The number of hydrogen-bond acceptors (Lipinski definition) is 5. The Bertz CT molecular complexity index is 1260. The van der Waals surface area contributed by atoms with Crippen molar-refractivity contribution in [2.75, 3.05) is 17.6 Å². The summed E-state index contributed by atoms with van der Waals surface area (Å²) in [6, 6.07) is 12.8. The molecule has 0 aliphatic carbocycles. The second-order valence-corrected chi connectivity index (χ2v) is 9.89. The first kappa shape index (κ1) is 25.0. The molecule has 1 aromatic heterocycles. The Labute approximate surface area is 214 Å². The van der Waals surface area contributed by atoms with Gasteiger partial charge in [-0.05, 0) is 62.1 Å². The van der Waals surface area contributed by atoms with Crippen molar-refractivity contribution in [3.63, 3.8) is 0 Å². The van der Waals surface area contributed by atoms with Crippen LogP contribution >= 0.6 is 23.4 Å². The molecule has 3 aromatic rings. The van der Waals surface area contributed by atoms with Gasteiger partial charge in [-0.25, -0.2) is 0 Å². The molecule has 0 saturated carbocycles. The molecular formula is C26H28ClN5O2S. The molecule has 1 aliphatic rings. The number of nitrogens with zero attached hydrogens (tertiary/aromatic N) is 4. The first-order valence-corrected chi connectivity index (χ1v) is 12.8. The number of benzene rings is 2. The summed E-state index contributed by atoms with van der Waals surface area (Å²) in [5.41, 5.74) is 3.28. The smallest absolute Gasteiger partial charge is 0.254 e. The van der Waals surface area contributed by atoms with Gasteiger partial charge in [-0.15, -0.1) is 16.8 Å². The van der Waals surface area contributed by atoms with Crippen molar-refractivity contribution in [3.05, 3.63) is 82.7 Å². The third-order valence-electron chi connectivity index (χ3n) is 6.04. The molecule has 0 bridgehead atoms. The van der Waals surface area contributed by atoms with Crippen molar-refractivity contribution in [1.29, 1.82) is 0 Å². The number of aryl methyl sites for hydroxylation is 2. The summed E-state index contributed by atoms with van der Waals surface area (Å²) < 4.78 is 1.95. The number of likely N-dealkylation sites (tertiary alicyclic amines) is 1. The molecule has 4 rings (SSSR count). The minimum atomic E-state index is -0.172. The molecule has 0 spiro atoms. The number of nitrogens with one attached hydrogen (secondary N) is 1. The van der Waals surface area contributed by atoms with Gasteiger partial charge in [0.25, 0.3) is 5.91 Å². The number of carbonyl (C=O) groups is 2. The Morgan fingerprint density at radius 1 is 1.20 bits per heavy atom. The Kier molecular flexibility index (Phi) is 7.93. The molecule has 2 aromatic carbocycles. The molecule has 1 atom stereocenters. The lowest BCUT2D eigenvalue weighted by molar-refractivity contribution is -0.113. The molecule has 7 nitrogen and oxygen atoms in total. The highest BCUT2D eigenvalue weighted by Gasteiger charge is 2.35. The van der Waals surface area contributed by atoms with Crippen LogP contribution < -0.4 is 5.32 Å². The zero-order valence-electron chi connectivity index (χ0n) is 19.8. The fourth-order valence-electron chi connectivity index (χ4n) is 4.28. The maximum absolute atomic E-state index is 13.3. The fourth-order valence-corrected chi connectivity index (χ4v) is 5.26. The summed E-state index contributed by atoms with van der Waals surface area (Å²) in [7, 11) is 0. The number of anilines is 1. The summed E-state index contributed by atoms with van der Waals surface area (Å²) in [5, 5.41) is 13.0. The van der Waals surface area contributed by atoms with Crippen LogP contribution in [-0.2, 0) is 11.3 Å². The highest BCUT2D eigenvalue weighted by molar-refractivity contribution is 7.99. The van der Waals surface area contributed by atoms with E-state index >= 15 is 0 Å². The zero-order valence-corrected chi connectivity index (χ0v) is 21.4. The molecule has 9 heteroatoms. The van der Waals surface area contributed by atoms with E-state index in [2.05, 4.69) is 22.1 Å². The highest BCUT2D eigenvalue weighted by Crippen LogP contribution is 2.34. The van der Waals surface area contributed by atoms with Gasteiger partial charge < -0.3 is 14.8 Å². The lowest BCUT2D eigenvalue weighted by Gasteiger charge is -2.25. The van der Waals surface area contributed by atoms with Crippen molar-refractivity contribution in [2.45, 2.75) is 44.4 Å². The highest BCUT2D eigenvalue weighted by atomic mass is 35.5. The molecular weight excluding hydrogens is 482 g/mol. The van der Waals surface area contributed by atoms with Crippen molar-refractivity contribution in [3.8, 4) is 0 Å². The lowest BCUT2D eigenvalue weighted by atomic mass is 10.1. The largest absolute Gasteiger partial charge is 0.328 e. The van der Waals surface area contributed by atoms with Crippen LogP contribution in [0.5, 0.6) is 0 Å². The second kappa shape index (κ2) is 11.1. The summed E-state index contributed by atoms with van der Waals surface area (Å²) in [6.45, 7) is 8.88. The Morgan fingerprint density at radius 2 is 2.00 bits per heavy atom. The number of aromatic nitrogens is 3. The van der Waals surface area contributed by atoms with Crippen molar-refractivity contribution < 1.29 is 9.59 Å². The number of carbonyl (C=O) groups excluding carboxylic acids is 2. The average molecular weight is 510 g/mol. The van der Waals surface area contributed by atoms with Gasteiger partial charge in [0.15, 0.2) is 11.0 Å². The zero-order chi connectivity index (χ0) is 24.9. The normalized spacial score (nSPS) is 15.3. The van der Waals surface area contributed by atoms with Gasteiger partial charge in [-0.3, -0.25) is 9.59 Å². The number of amides is 2. The minimum Gasteiger partial charge on any atom is -0.328 e. The van der Waals surface area contributed by atoms with Gasteiger partial charge in [-0.2, -0.15) is 0 Å². The molecule has 1 fully saturated rings. The van der Waals surface area contributed by atoms with E-state index in [1.165, 1.54) is 11.8 Å². The van der Waals surface area contributed by atoms with Crippen molar-refractivity contribution >= 4 is 40.9 Å². The maximum atomic E-state index is 13.3. The molecule has 1 unspecified atom stereocenters. The summed E-state index contributed by atoms with van der Waals surface area (Å²) in [6.07, 6.45) is 3.49. The molecule has 0 radical (unpaired) electrons. The van der Waals surface area contributed by atoms with Crippen LogP contribution in [0, 0.1) is 13.8 Å². The summed E-state index contributed by atoms with van der Waals surface area (Å²) in [5.74, 6) is 0.757. The molecule has 1 aliphatic heterocycles. The van der Waals surface area contributed by atoms with E-state index in [0.717, 1.165) is 35.5 Å². The van der Waals surface area contributed by atoms with E-state index in [1.807, 2.05) is 53.6 Å². The van der Waals surface area contributed by atoms with Gasteiger partial charge in [0.1, 0.15) is 0 Å². The Morgan fingerprint density at radius 3 is 2.74 bits per heavy atom. The van der Waals surface area contributed by atoms with Gasteiger partial charge >= 0.3 is 0 Å². The van der Waals surface area contributed by atoms with Crippen LogP contribution in [0.1, 0.15) is 46.2 Å². The standard InChI is InChI=1S/C26H28ClN5O2S/c1-4-13-32-24(22-10-7-14-31(22)25(34)20-9-6-5-8-17(20)2)29-30-26(32)35-16-23(33)28-21-12-11-19(27)15-18(21)3/h4-6,8-9,11-12,15,22H,1,7,10,13-14,16H2,2-3H3,(H,28,33). The quantitative estimate of drug-likeness (QED) is 0.323. The number of halogens is 1. The van der Waals surface area contributed by atoms with Crippen LogP contribution in [0.25, 0.3) is 0 Å². The second-order valence-electron chi connectivity index (χ2n) is 8.51. The minimum absolute atomic E-state index is 0.00525. The van der Waals surface area contributed by atoms with E-state index in [-0.39, 0.29) is 23.6 Å².